The Morgan fingerprint density at radius 3 is 2.93 bits per heavy atom. The van der Waals surface area contributed by atoms with Crippen molar-refractivity contribution in [1.29, 1.82) is 5.26 Å². The molecule has 0 spiro atoms. The Kier molecular flexibility index (Phi) is 4.98. The molecule has 0 aliphatic carbocycles. The molecule has 2 aliphatic heterocycles. The zero-order chi connectivity index (χ0) is 19.5. The Hall–Kier alpha value is -3.33. The fourth-order valence-electron chi connectivity index (χ4n) is 3.86. The minimum Gasteiger partial charge on any atom is -0.493 e. The van der Waals surface area contributed by atoms with Gasteiger partial charge in [-0.25, -0.2) is 0 Å². The van der Waals surface area contributed by atoms with Crippen LogP contribution in [0.2, 0.25) is 0 Å². The third-order valence-corrected chi connectivity index (χ3v) is 5.32. The highest BCUT2D eigenvalue weighted by molar-refractivity contribution is 6.05. The second-order valence-corrected chi connectivity index (χ2v) is 7.14. The first kappa shape index (κ1) is 18.1. The van der Waals surface area contributed by atoms with E-state index in [1.165, 1.54) is 6.07 Å². The van der Waals surface area contributed by atoms with Crippen LogP contribution in [-0.4, -0.2) is 35.9 Å². The lowest BCUT2D eigenvalue weighted by atomic mass is 9.97. The lowest BCUT2D eigenvalue weighted by Gasteiger charge is -2.37. The molecule has 1 fully saturated rings. The summed E-state index contributed by atoms with van der Waals surface area (Å²) in [6.07, 6.45) is 4.01. The van der Waals surface area contributed by atoms with Gasteiger partial charge in [-0.1, -0.05) is 6.07 Å². The van der Waals surface area contributed by atoms with E-state index < -0.39 is 0 Å². The Balaban J connectivity index is 1.59. The van der Waals surface area contributed by atoms with Crippen LogP contribution in [0.1, 0.15) is 52.0 Å². The highest BCUT2D eigenvalue weighted by atomic mass is 16.5. The number of piperidine rings is 1. The van der Waals surface area contributed by atoms with E-state index in [0.29, 0.717) is 34.7 Å². The van der Waals surface area contributed by atoms with Crippen LogP contribution in [0.25, 0.3) is 0 Å². The lowest BCUT2D eigenvalue weighted by molar-refractivity contribution is 0.0548. The molecule has 1 N–H and O–H groups in total. The monoisotopic (exact) mass is 375 g/mol. The van der Waals surface area contributed by atoms with Gasteiger partial charge in [-0.2, -0.15) is 5.26 Å². The third-order valence-electron chi connectivity index (χ3n) is 5.32. The largest absolute Gasteiger partial charge is 0.493 e. The molecule has 1 atom stereocenters. The quantitative estimate of drug-likeness (QED) is 0.870. The number of hydrogen-bond donors (Lipinski definition) is 1. The summed E-state index contributed by atoms with van der Waals surface area (Å²) >= 11 is 0. The molecule has 0 radical (unpaired) electrons. The fraction of sp³-hybridized carbons (Fsp3) is 0.318. The van der Waals surface area contributed by atoms with Gasteiger partial charge >= 0.3 is 0 Å². The van der Waals surface area contributed by atoms with Gasteiger partial charge in [-0.05, 0) is 55.7 Å². The Morgan fingerprint density at radius 2 is 2.07 bits per heavy atom. The molecule has 2 heterocycles. The molecule has 2 aliphatic rings. The second kappa shape index (κ2) is 7.73. The molecule has 28 heavy (non-hydrogen) atoms. The fourth-order valence-corrected chi connectivity index (χ4v) is 3.86. The van der Waals surface area contributed by atoms with Gasteiger partial charge in [0.15, 0.2) is 0 Å². The molecular formula is C22H21N3O3. The van der Waals surface area contributed by atoms with Crippen molar-refractivity contribution in [1.82, 2.24) is 4.90 Å². The van der Waals surface area contributed by atoms with Gasteiger partial charge in [0.25, 0.3) is 11.8 Å². The summed E-state index contributed by atoms with van der Waals surface area (Å²) in [6, 6.07) is 13.9. The first-order valence-electron chi connectivity index (χ1n) is 9.55. The molecule has 2 amide bonds. The number of nitrogens with zero attached hydrogens (tertiary/aromatic N) is 2. The van der Waals surface area contributed by atoms with Crippen LogP contribution in [0.15, 0.2) is 42.5 Å². The van der Waals surface area contributed by atoms with Crippen LogP contribution < -0.4 is 10.1 Å². The van der Waals surface area contributed by atoms with E-state index >= 15 is 0 Å². The topological polar surface area (TPSA) is 82.4 Å². The van der Waals surface area contributed by atoms with Crippen LogP contribution in [0, 0.1) is 11.3 Å². The Labute approximate surface area is 163 Å². The number of carbonyl (C=O) groups excluding carboxylic acids is 2. The van der Waals surface area contributed by atoms with E-state index in [2.05, 4.69) is 5.32 Å². The second-order valence-electron chi connectivity index (χ2n) is 7.14. The highest BCUT2D eigenvalue weighted by Gasteiger charge is 2.31. The molecule has 1 unspecified atom stereocenters. The van der Waals surface area contributed by atoms with Gasteiger partial charge in [0.2, 0.25) is 0 Å². The maximum atomic E-state index is 13.1. The molecule has 2 aromatic carbocycles. The average molecular weight is 375 g/mol. The number of nitriles is 1. The van der Waals surface area contributed by atoms with Crippen molar-refractivity contribution in [3.63, 3.8) is 0 Å². The van der Waals surface area contributed by atoms with Crippen LogP contribution in [0.5, 0.6) is 5.75 Å². The number of benzene rings is 2. The van der Waals surface area contributed by atoms with E-state index in [0.717, 1.165) is 32.2 Å². The molecule has 2 aromatic rings. The number of rotatable bonds is 2. The van der Waals surface area contributed by atoms with E-state index in [4.69, 9.17) is 10.00 Å². The molecule has 0 bridgehead atoms. The van der Waals surface area contributed by atoms with Crippen LogP contribution in [0.4, 0.5) is 5.69 Å². The summed E-state index contributed by atoms with van der Waals surface area (Å²) in [4.78, 5) is 27.6. The van der Waals surface area contributed by atoms with Gasteiger partial charge in [-0.3, -0.25) is 9.59 Å². The normalized spacial score (nSPS) is 18.6. The average Bonchev–Trinajstić information content (AvgIpc) is 2.73. The molecular weight excluding hydrogens is 354 g/mol. The summed E-state index contributed by atoms with van der Waals surface area (Å²) < 4.78 is 5.83. The van der Waals surface area contributed by atoms with Crippen LogP contribution in [0.3, 0.4) is 0 Å². The molecule has 1 saturated heterocycles. The van der Waals surface area contributed by atoms with Crippen molar-refractivity contribution in [3.8, 4) is 11.8 Å². The van der Waals surface area contributed by atoms with E-state index in [-0.39, 0.29) is 17.9 Å². The summed E-state index contributed by atoms with van der Waals surface area (Å²) in [5.74, 6) is 0.188. The van der Waals surface area contributed by atoms with Crippen molar-refractivity contribution in [2.75, 3.05) is 18.5 Å². The SMILES string of the molecule is N#Cc1cccc(C(=O)Nc2ccc3c(c2)C(=O)N2CCCCC2CCO3)c1. The number of hydrogen-bond acceptors (Lipinski definition) is 4. The molecule has 4 rings (SSSR count). The van der Waals surface area contributed by atoms with Gasteiger partial charge in [0.1, 0.15) is 5.75 Å². The van der Waals surface area contributed by atoms with Gasteiger partial charge < -0.3 is 15.0 Å². The summed E-state index contributed by atoms with van der Waals surface area (Å²) in [5.41, 5.74) is 1.82. The van der Waals surface area contributed by atoms with Crippen LogP contribution >= 0.6 is 0 Å². The van der Waals surface area contributed by atoms with E-state index in [9.17, 15) is 9.59 Å². The molecule has 0 saturated carbocycles. The van der Waals surface area contributed by atoms with Crippen molar-refractivity contribution in [2.45, 2.75) is 31.7 Å². The van der Waals surface area contributed by atoms with Gasteiger partial charge in [-0.15, -0.1) is 0 Å². The molecule has 142 valence electrons. The van der Waals surface area contributed by atoms with Crippen molar-refractivity contribution in [3.05, 3.63) is 59.2 Å². The van der Waals surface area contributed by atoms with Gasteiger partial charge in [0, 0.05) is 30.3 Å². The Morgan fingerprint density at radius 1 is 1.18 bits per heavy atom. The molecule has 0 aromatic heterocycles. The van der Waals surface area contributed by atoms with E-state index in [1.807, 2.05) is 11.0 Å². The minimum atomic E-state index is -0.327. The number of carbonyl (C=O) groups is 2. The predicted octanol–water partition coefficient (Wildman–Crippen LogP) is 3.59. The molecule has 6 heteroatoms. The van der Waals surface area contributed by atoms with Crippen LogP contribution in [-0.2, 0) is 0 Å². The summed E-state index contributed by atoms with van der Waals surface area (Å²) in [7, 11) is 0. The maximum Gasteiger partial charge on any atom is 0.257 e. The standard InChI is InChI=1S/C22H21N3O3/c23-14-15-4-3-5-16(12-15)21(26)24-17-7-8-20-19(13-17)22(27)25-10-2-1-6-18(25)9-11-28-20/h3-5,7-8,12-13,18H,1-2,6,9-11H2,(H,24,26). The number of amides is 2. The number of fused-ring (bicyclic) bond motifs is 2. The number of nitrogens with one attached hydrogen (secondary N) is 1. The minimum absolute atomic E-state index is 0.0398. The molecule has 6 nitrogen and oxygen atoms in total. The maximum absolute atomic E-state index is 13.1. The first-order chi connectivity index (χ1) is 13.7. The predicted molar refractivity (Wildman–Crippen MR) is 104 cm³/mol. The van der Waals surface area contributed by atoms with Crippen molar-refractivity contribution >= 4 is 17.5 Å². The highest BCUT2D eigenvalue weighted by Crippen LogP contribution is 2.31. The summed E-state index contributed by atoms with van der Waals surface area (Å²) in [5, 5.41) is 11.8. The zero-order valence-electron chi connectivity index (χ0n) is 15.5. The first-order valence-corrected chi connectivity index (χ1v) is 9.55. The van der Waals surface area contributed by atoms with E-state index in [1.54, 1.807) is 36.4 Å². The van der Waals surface area contributed by atoms with Gasteiger partial charge in [0.05, 0.1) is 23.8 Å². The zero-order valence-corrected chi connectivity index (χ0v) is 15.5. The van der Waals surface area contributed by atoms with Crippen molar-refractivity contribution < 1.29 is 14.3 Å². The smallest absolute Gasteiger partial charge is 0.257 e. The van der Waals surface area contributed by atoms with Crippen molar-refractivity contribution in [2.24, 2.45) is 0 Å². The Bertz CT molecular complexity index is 964. The number of anilines is 1. The summed E-state index contributed by atoms with van der Waals surface area (Å²) in [6.45, 7) is 1.34. The third kappa shape index (κ3) is 3.56. The lowest BCUT2D eigenvalue weighted by Crippen LogP contribution is -2.45. The number of ether oxygens (including phenoxy) is 1.